The topological polar surface area (TPSA) is 105 Å². The molecule has 1 aliphatic carbocycles. The SMILES string of the molecule is C#CCC(NC(=O)OCC1c2ccccc2-c2ccccc21)C(=O)NC(C(=O)O)C(C)(C)C. The second-order valence-corrected chi connectivity index (χ2v) is 9.08. The molecule has 172 valence electrons. The molecule has 2 aromatic rings. The maximum atomic E-state index is 12.7. The number of carbonyl (C=O) groups is 3. The summed E-state index contributed by atoms with van der Waals surface area (Å²) in [6.45, 7) is 5.17. The maximum Gasteiger partial charge on any atom is 0.407 e. The standard InChI is InChI=1S/C26H28N2O5/c1-5-10-21(23(29)28-22(24(30)31)26(2,3)4)27-25(32)33-15-20-18-13-8-6-11-16(18)17-12-7-9-14-19(17)20/h1,6-9,11-14,20-22H,10,15H2,2-4H3,(H,27,32)(H,28,29)(H,30,31). The number of carboxylic acid groups (broad SMARTS) is 1. The Morgan fingerprint density at radius 1 is 1.03 bits per heavy atom. The quantitative estimate of drug-likeness (QED) is 0.562. The minimum Gasteiger partial charge on any atom is -0.480 e. The largest absolute Gasteiger partial charge is 0.480 e. The van der Waals surface area contributed by atoms with Crippen LogP contribution in [-0.2, 0) is 14.3 Å². The van der Waals surface area contributed by atoms with E-state index in [4.69, 9.17) is 11.2 Å². The van der Waals surface area contributed by atoms with Gasteiger partial charge in [0.05, 0.1) is 0 Å². The number of fused-ring (bicyclic) bond motifs is 3. The molecule has 7 heteroatoms. The third-order valence-electron chi connectivity index (χ3n) is 5.67. The van der Waals surface area contributed by atoms with Gasteiger partial charge in [0.2, 0.25) is 5.91 Å². The molecule has 0 radical (unpaired) electrons. The first-order valence-electron chi connectivity index (χ1n) is 10.7. The van der Waals surface area contributed by atoms with Gasteiger partial charge in [-0.1, -0.05) is 69.3 Å². The molecule has 33 heavy (non-hydrogen) atoms. The normalized spacial score (nSPS) is 14.2. The van der Waals surface area contributed by atoms with E-state index in [9.17, 15) is 19.5 Å². The minimum atomic E-state index is -1.17. The lowest BCUT2D eigenvalue weighted by molar-refractivity contribution is -0.145. The smallest absolute Gasteiger partial charge is 0.407 e. The molecule has 7 nitrogen and oxygen atoms in total. The van der Waals surface area contributed by atoms with E-state index in [1.165, 1.54) is 0 Å². The van der Waals surface area contributed by atoms with Gasteiger partial charge in [-0.15, -0.1) is 12.3 Å². The Labute approximate surface area is 193 Å². The van der Waals surface area contributed by atoms with Gasteiger partial charge in [0.15, 0.2) is 0 Å². The van der Waals surface area contributed by atoms with Crippen molar-refractivity contribution in [2.75, 3.05) is 6.61 Å². The highest BCUT2D eigenvalue weighted by Gasteiger charge is 2.35. The van der Waals surface area contributed by atoms with Crippen LogP contribution in [0.5, 0.6) is 0 Å². The highest BCUT2D eigenvalue weighted by Crippen LogP contribution is 2.44. The van der Waals surface area contributed by atoms with E-state index in [-0.39, 0.29) is 18.9 Å². The summed E-state index contributed by atoms with van der Waals surface area (Å²) in [5, 5.41) is 14.4. The summed E-state index contributed by atoms with van der Waals surface area (Å²) < 4.78 is 5.47. The molecule has 0 saturated heterocycles. The zero-order valence-electron chi connectivity index (χ0n) is 18.9. The van der Waals surface area contributed by atoms with Crippen LogP contribution in [0.3, 0.4) is 0 Å². The van der Waals surface area contributed by atoms with Crippen LogP contribution < -0.4 is 10.6 Å². The predicted octanol–water partition coefficient (Wildman–Crippen LogP) is 3.53. The summed E-state index contributed by atoms with van der Waals surface area (Å²) in [7, 11) is 0. The molecule has 0 heterocycles. The van der Waals surface area contributed by atoms with E-state index in [2.05, 4.69) is 16.6 Å². The molecule has 0 aliphatic heterocycles. The molecule has 0 spiro atoms. The molecule has 2 atom stereocenters. The zero-order chi connectivity index (χ0) is 24.2. The number of hydrogen-bond donors (Lipinski definition) is 3. The monoisotopic (exact) mass is 448 g/mol. The molecule has 3 rings (SSSR count). The predicted molar refractivity (Wildman–Crippen MR) is 124 cm³/mol. The van der Waals surface area contributed by atoms with E-state index in [1.54, 1.807) is 20.8 Å². The van der Waals surface area contributed by atoms with Crippen LogP contribution >= 0.6 is 0 Å². The maximum absolute atomic E-state index is 12.7. The average molecular weight is 449 g/mol. The van der Waals surface area contributed by atoms with Gasteiger partial charge in [0.25, 0.3) is 0 Å². The number of hydrogen-bond acceptors (Lipinski definition) is 4. The van der Waals surface area contributed by atoms with Crippen molar-refractivity contribution in [3.63, 3.8) is 0 Å². The molecule has 2 unspecified atom stereocenters. The van der Waals surface area contributed by atoms with E-state index in [0.29, 0.717) is 0 Å². The van der Waals surface area contributed by atoms with Crippen molar-refractivity contribution in [1.29, 1.82) is 0 Å². The van der Waals surface area contributed by atoms with Crippen LogP contribution in [0.4, 0.5) is 4.79 Å². The highest BCUT2D eigenvalue weighted by atomic mass is 16.5. The fourth-order valence-electron chi connectivity index (χ4n) is 4.00. The third-order valence-corrected chi connectivity index (χ3v) is 5.67. The molecule has 0 saturated carbocycles. The lowest BCUT2D eigenvalue weighted by Crippen LogP contribution is -2.55. The Bertz CT molecular complexity index is 1050. The Morgan fingerprint density at radius 3 is 2.06 bits per heavy atom. The first kappa shape index (κ1) is 23.9. The van der Waals surface area contributed by atoms with Crippen LogP contribution in [0, 0.1) is 17.8 Å². The number of aliphatic carboxylic acids is 1. The fraction of sp³-hybridized carbons (Fsp3) is 0.346. The van der Waals surface area contributed by atoms with E-state index in [0.717, 1.165) is 22.3 Å². The summed E-state index contributed by atoms with van der Waals surface area (Å²) in [5.41, 5.74) is 3.62. The van der Waals surface area contributed by atoms with Crippen molar-refractivity contribution < 1.29 is 24.2 Å². The number of terminal acetylenes is 1. The number of alkyl carbamates (subject to hydrolysis) is 1. The highest BCUT2D eigenvalue weighted by molar-refractivity contribution is 5.89. The van der Waals surface area contributed by atoms with Crippen LogP contribution in [0.2, 0.25) is 0 Å². The molecule has 1 aliphatic rings. The third kappa shape index (κ3) is 5.35. The molecule has 0 bridgehead atoms. The molecule has 2 aromatic carbocycles. The Kier molecular flexibility index (Phi) is 7.07. The Hall–Kier alpha value is -3.79. The number of nitrogens with one attached hydrogen (secondary N) is 2. The molecular formula is C26H28N2O5. The van der Waals surface area contributed by atoms with Crippen molar-refractivity contribution in [2.24, 2.45) is 5.41 Å². The van der Waals surface area contributed by atoms with Crippen molar-refractivity contribution in [3.8, 4) is 23.5 Å². The second-order valence-electron chi connectivity index (χ2n) is 9.08. The van der Waals surface area contributed by atoms with Gasteiger partial charge in [-0.2, -0.15) is 0 Å². The minimum absolute atomic E-state index is 0.0873. The zero-order valence-corrected chi connectivity index (χ0v) is 18.9. The first-order chi connectivity index (χ1) is 15.6. The van der Waals surface area contributed by atoms with Gasteiger partial charge in [-0.3, -0.25) is 4.79 Å². The number of carboxylic acids is 1. The summed E-state index contributed by atoms with van der Waals surface area (Å²) >= 11 is 0. The van der Waals surface area contributed by atoms with E-state index in [1.807, 2.05) is 48.5 Å². The Balaban J connectivity index is 1.67. The molecular weight excluding hydrogens is 420 g/mol. The average Bonchev–Trinajstić information content (AvgIpc) is 3.08. The summed E-state index contributed by atoms with van der Waals surface area (Å²) in [6, 6.07) is 13.7. The van der Waals surface area contributed by atoms with E-state index >= 15 is 0 Å². The van der Waals surface area contributed by atoms with Crippen molar-refractivity contribution >= 4 is 18.0 Å². The number of benzene rings is 2. The lowest BCUT2D eigenvalue weighted by Gasteiger charge is -2.29. The molecule has 0 aromatic heterocycles. The van der Waals surface area contributed by atoms with Gasteiger partial charge in [0, 0.05) is 12.3 Å². The lowest BCUT2D eigenvalue weighted by atomic mass is 9.86. The summed E-state index contributed by atoms with van der Waals surface area (Å²) in [5.74, 6) is 0.368. The number of amides is 2. The van der Waals surface area contributed by atoms with Gasteiger partial charge in [-0.25, -0.2) is 9.59 Å². The van der Waals surface area contributed by atoms with E-state index < -0.39 is 35.5 Å². The van der Waals surface area contributed by atoms with Crippen molar-refractivity contribution in [2.45, 2.75) is 45.2 Å². The van der Waals surface area contributed by atoms with Crippen molar-refractivity contribution in [3.05, 3.63) is 59.7 Å². The number of ether oxygens (including phenoxy) is 1. The van der Waals surface area contributed by atoms with Gasteiger partial charge in [-0.05, 0) is 27.7 Å². The summed E-state index contributed by atoms with van der Waals surface area (Å²) in [6.07, 6.45) is 4.46. The van der Waals surface area contributed by atoms with Crippen LogP contribution in [0.15, 0.2) is 48.5 Å². The molecule has 3 N–H and O–H groups in total. The number of carbonyl (C=O) groups excluding carboxylic acids is 2. The summed E-state index contributed by atoms with van der Waals surface area (Å²) in [4.78, 5) is 36.8. The molecule has 2 amide bonds. The number of rotatable bonds is 7. The Morgan fingerprint density at radius 2 is 1.58 bits per heavy atom. The van der Waals surface area contributed by atoms with Gasteiger partial charge in [0.1, 0.15) is 18.7 Å². The van der Waals surface area contributed by atoms with Crippen LogP contribution in [0.1, 0.15) is 44.2 Å². The second kappa shape index (κ2) is 9.78. The van der Waals surface area contributed by atoms with Crippen LogP contribution in [-0.4, -0.2) is 41.8 Å². The van der Waals surface area contributed by atoms with Gasteiger partial charge >= 0.3 is 12.1 Å². The molecule has 0 fully saturated rings. The van der Waals surface area contributed by atoms with Crippen LogP contribution in [0.25, 0.3) is 11.1 Å². The van der Waals surface area contributed by atoms with Gasteiger partial charge < -0.3 is 20.5 Å². The van der Waals surface area contributed by atoms with Crippen molar-refractivity contribution in [1.82, 2.24) is 10.6 Å². The fourth-order valence-corrected chi connectivity index (χ4v) is 4.00. The first-order valence-corrected chi connectivity index (χ1v) is 10.7.